The first-order valence-corrected chi connectivity index (χ1v) is 11.1. The molecular formula is C24H16ClNO5S. The first kappa shape index (κ1) is 21.8. The Kier molecular flexibility index (Phi) is 6.12. The second-order valence-electron chi connectivity index (χ2n) is 6.90. The Morgan fingerprint density at radius 1 is 0.938 bits per heavy atom. The summed E-state index contributed by atoms with van der Waals surface area (Å²) < 4.78 is 5.09. The van der Waals surface area contributed by atoms with Crippen molar-refractivity contribution in [1.29, 1.82) is 0 Å². The number of esters is 1. The zero-order valence-corrected chi connectivity index (χ0v) is 18.4. The van der Waals surface area contributed by atoms with Crippen LogP contribution in [-0.2, 0) is 9.53 Å². The molecule has 8 heteroatoms. The Labute approximate surface area is 192 Å². The van der Waals surface area contributed by atoms with Gasteiger partial charge < -0.3 is 10.1 Å². The number of benzene rings is 3. The first-order valence-electron chi connectivity index (χ1n) is 9.52. The van der Waals surface area contributed by atoms with Gasteiger partial charge in [-0.1, -0.05) is 48.0 Å². The standard InChI is InChI=1S/C24H16ClNO5S/c1-32-13-9-10-18(25)17(11-13)24(30)31-12-20(27)26-19-8-4-7-16-21(19)23(29)15-6-3-2-5-14(15)22(16)28/h2-11H,12H2,1H3,(H,26,27). The fourth-order valence-corrected chi connectivity index (χ4v) is 4.07. The van der Waals surface area contributed by atoms with E-state index in [0.717, 1.165) is 4.90 Å². The minimum atomic E-state index is -0.740. The number of fused-ring (bicyclic) bond motifs is 2. The third-order valence-electron chi connectivity index (χ3n) is 4.95. The van der Waals surface area contributed by atoms with E-state index in [9.17, 15) is 19.2 Å². The molecule has 160 valence electrons. The highest BCUT2D eigenvalue weighted by Gasteiger charge is 2.31. The fourth-order valence-electron chi connectivity index (χ4n) is 3.43. The van der Waals surface area contributed by atoms with Crippen molar-refractivity contribution in [1.82, 2.24) is 0 Å². The van der Waals surface area contributed by atoms with E-state index in [-0.39, 0.29) is 44.5 Å². The molecule has 32 heavy (non-hydrogen) atoms. The lowest BCUT2D eigenvalue weighted by Gasteiger charge is -2.20. The number of hydrogen-bond donors (Lipinski definition) is 1. The molecule has 0 radical (unpaired) electrons. The number of anilines is 1. The van der Waals surface area contributed by atoms with Crippen LogP contribution in [0.25, 0.3) is 0 Å². The zero-order chi connectivity index (χ0) is 22.8. The van der Waals surface area contributed by atoms with Crippen molar-refractivity contribution in [3.63, 3.8) is 0 Å². The summed E-state index contributed by atoms with van der Waals surface area (Å²) in [5, 5.41) is 2.79. The largest absolute Gasteiger partial charge is 0.452 e. The van der Waals surface area contributed by atoms with Crippen LogP contribution < -0.4 is 5.32 Å². The molecule has 0 saturated heterocycles. The van der Waals surface area contributed by atoms with Crippen molar-refractivity contribution in [3.05, 3.63) is 93.5 Å². The van der Waals surface area contributed by atoms with Crippen molar-refractivity contribution in [2.24, 2.45) is 0 Å². The van der Waals surface area contributed by atoms with E-state index in [2.05, 4.69) is 5.32 Å². The molecule has 1 aliphatic rings. The summed E-state index contributed by atoms with van der Waals surface area (Å²) in [6.45, 7) is -0.582. The van der Waals surface area contributed by atoms with Crippen LogP contribution in [0.4, 0.5) is 5.69 Å². The summed E-state index contributed by atoms with van der Waals surface area (Å²) in [6.07, 6.45) is 1.86. The molecule has 0 heterocycles. The topological polar surface area (TPSA) is 89.5 Å². The molecule has 0 fully saturated rings. The summed E-state index contributed by atoms with van der Waals surface area (Å²) in [4.78, 5) is 51.4. The van der Waals surface area contributed by atoms with Crippen LogP contribution in [-0.4, -0.2) is 36.3 Å². The summed E-state index contributed by atoms with van der Waals surface area (Å²) in [5.41, 5.74) is 1.27. The van der Waals surface area contributed by atoms with Crippen LogP contribution in [0.5, 0.6) is 0 Å². The van der Waals surface area contributed by atoms with Gasteiger partial charge in [-0.05, 0) is 30.5 Å². The molecule has 4 rings (SSSR count). The van der Waals surface area contributed by atoms with E-state index in [4.69, 9.17) is 16.3 Å². The molecular weight excluding hydrogens is 450 g/mol. The molecule has 6 nitrogen and oxygen atoms in total. The fraction of sp³-hybridized carbons (Fsp3) is 0.0833. The number of hydrogen-bond acceptors (Lipinski definition) is 6. The van der Waals surface area contributed by atoms with Crippen molar-refractivity contribution in [3.8, 4) is 0 Å². The number of ketones is 2. The van der Waals surface area contributed by atoms with E-state index in [1.807, 2.05) is 6.26 Å². The van der Waals surface area contributed by atoms with Gasteiger partial charge in [0, 0.05) is 21.6 Å². The van der Waals surface area contributed by atoms with Crippen molar-refractivity contribution >= 4 is 52.5 Å². The summed E-state index contributed by atoms with van der Waals surface area (Å²) >= 11 is 7.50. The number of ether oxygens (including phenoxy) is 1. The summed E-state index contributed by atoms with van der Waals surface area (Å²) in [6, 6.07) is 16.1. The van der Waals surface area contributed by atoms with Gasteiger partial charge in [0.15, 0.2) is 18.2 Å². The second kappa shape index (κ2) is 8.98. The van der Waals surface area contributed by atoms with Gasteiger partial charge in [0.2, 0.25) is 0 Å². The molecule has 3 aromatic carbocycles. The molecule has 0 saturated carbocycles. The van der Waals surface area contributed by atoms with Gasteiger partial charge in [-0.3, -0.25) is 14.4 Å². The number of rotatable bonds is 5. The predicted molar refractivity (Wildman–Crippen MR) is 122 cm³/mol. The second-order valence-corrected chi connectivity index (χ2v) is 8.19. The van der Waals surface area contributed by atoms with Crippen LogP contribution in [0.1, 0.15) is 42.2 Å². The Bertz CT molecular complexity index is 1290. The first-order chi connectivity index (χ1) is 15.4. The lowest BCUT2D eigenvalue weighted by molar-refractivity contribution is -0.119. The highest BCUT2D eigenvalue weighted by molar-refractivity contribution is 7.98. The minimum Gasteiger partial charge on any atom is -0.452 e. The highest BCUT2D eigenvalue weighted by Crippen LogP contribution is 2.32. The van der Waals surface area contributed by atoms with E-state index in [1.165, 1.54) is 17.8 Å². The summed E-state index contributed by atoms with van der Waals surface area (Å²) in [7, 11) is 0. The Morgan fingerprint density at radius 3 is 2.34 bits per heavy atom. The van der Waals surface area contributed by atoms with Crippen LogP contribution in [0.15, 0.2) is 65.6 Å². The maximum Gasteiger partial charge on any atom is 0.340 e. The van der Waals surface area contributed by atoms with Crippen molar-refractivity contribution < 1.29 is 23.9 Å². The number of nitrogens with one attached hydrogen (secondary N) is 1. The third-order valence-corrected chi connectivity index (χ3v) is 6.01. The van der Waals surface area contributed by atoms with Gasteiger partial charge in [-0.25, -0.2) is 4.79 Å². The Morgan fingerprint density at radius 2 is 1.62 bits per heavy atom. The Balaban J connectivity index is 1.51. The van der Waals surface area contributed by atoms with Crippen LogP contribution >= 0.6 is 23.4 Å². The lowest BCUT2D eigenvalue weighted by Crippen LogP contribution is -2.26. The molecule has 0 aromatic heterocycles. The maximum atomic E-state index is 13.0. The third kappa shape index (κ3) is 4.04. The van der Waals surface area contributed by atoms with Gasteiger partial charge >= 0.3 is 5.97 Å². The number of carbonyl (C=O) groups excluding carboxylic acids is 4. The van der Waals surface area contributed by atoms with Gasteiger partial charge in [0.25, 0.3) is 5.91 Å². The average Bonchev–Trinajstić information content (AvgIpc) is 2.81. The smallest absolute Gasteiger partial charge is 0.340 e. The maximum absolute atomic E-state index is 13.0. The van der Waals surface area contributed by atoms with E-state index in [1.54, 1.807) is 54.6 Å². The molecule has 0 aliphatic heterocycles. The molecule has 0 unspecified atom stereocenters. The molecule has 1 amide bonds. The van der Waals surface area contributed by atoms with Crippen molar-refractivity contribution in [2.45, 2.75) is 4.90 Å². The lowest BCUT2D eigenvalue weighted by atomic mass is 9.83. The zero-order valence-electron chi connectivity index (χ0n) is 16.8. The molecule has 1 N–H and O–H groups in total. The number of carbonyl (C=O) groups is 4. The molecule has 1 aliphatic carbocycles. The molecule has 0 atom stereocenters. The highest BCUT2D eigenvalue weighted by atomic mass is 35.5. The number of thioether (sulfide) groups is 1. The molecule has 3 aromatic rings. The molecule has 0 spiro atoms. The number of halogens is 1. The normalized spacial score (nSPS) is 12.1. The monoisotopic (exact) mass is 465 g/mol. The quantitative estimate of drug-likeness (QED) is 0.341. The average molecular weight is 466 g/mol. The summed E-state index contributed by atoms with van der Waals surface area (Å²) in [5.74, 6) is -2.04. The van der Waals surface area contributed by atoms with Crippen LogP contribution in [0.3, 0.4) is 0 Å². The SMILES string of the molecule is CSc1ccc(Cl)c(C(=O)OCC(=O)Nc2cccc3c2C(=O)c2ccccc2C3=O)c1. The van der Waals surface area contributed by atoms with E-state index in [0.29, 0.717) is 5.56 Å². The number of amides is 1. The van der Waals surface area contributed by atoms with Gasteiger partial charge in [0.1, 0.15) is 0 Å². The van der Waals surface area contributed by atoms with Gasteiger partial charge in [-0.15, -0.1) is 11.8 Å². The predicted octanol–water partition coefficient (Wildman–Crippen LogP) is 4.63. The Hall–Kier alpha value is -3.42. The van der Waals surface area contributed by atoms with Gasteiger partial charge in [0.05, 0.1) is 21.8 Å². The van der Waals surface area contributed by atoms with Crippen LogP contribution in [0, 0.1) is 0 Å². The van der Waals surface area contributed by atoms with E-state index >= 15 is 0 Å². The van der Waals surface area contributed by atoms with Crippen LogP contribution in [0.2, 0.25) is 5.02 Å². The minimum absolute atomic E-state index is 0.117. The van der Waals surface area contributed by atoms with E-state index < -0.39 is 18.5 Å². The van der Waals surface area contributed by atoms with Crippen molar-refractivity contribution in [2.75, 3.05) is 18.2 Å². The molecule has 0 bridgehead atoms. The van der Waals surface area contributed by atoms with Gasteiger partial charge in [-0.2, -0.15) is 0 Å².